The van der Waals surface area contributed by atoms with Crippen molar-refractivity contribution in [1.29, 1.82) is 0 Å². The zero-order chi connectivity index (χ0) is 9.40. The van der Waals surface area contributed by atoms with Crippen molar-refractivity contribution >= 4 is 5.97 Å². The molecule has 0 fully saturated rings. The van der Waals surface area contributed by atoms with Gasteiger partial charge in [0.1, 0.15) is 0 Å². The highest BCUT2D eigenvalue weighted by Crippen LogP contribution is 2.10. The maximum Gasteiger partial charge on any atom is 0.306 e. The number of aliphatic hydroxyl groups excluding tert-OH is 1. The molecule has 0 spiro atoms. The monoisotopic (exact) mass is 174 g/mol. The second kappa shape index (κ2) is 7.10. The quantitative estimate of drug-likeness (QED) is 0.618. The molecule has 0 saturated carbocycles. The molecular weight excluding hydrogens is 156 g/mol. The second-order valence-corrected chi connectivity index (χ2v) is 2.85. The number of carbonyl (C=O) groups excluding carboxylic acids is 1. The Hall–Kier alpha value is -0.570. The van der Waals surface area contributed by atoms with E-state index in [1.807, 2.05) is 6.92 Å². The number of aliphatic hydroxyl groups is 1. The van der Waals surface area contributed by atoms with E-state index in [1.54, 1.807) is 6.92 Å². The Kier molecular flexibility index (Phi) is 6.76. The van der Waals surface area contributed by atoms with Crippen LogP contribution in [0, 0.1) is 5.92 Å². The van der Waals surface area contributed by atoms with Crippen molar-refractivity contribution < 1.29 is 14.6 Å². The lowest BCUT2D eigenvalue weighted by Gasteiger charge is -2.11. The van der Waals surface area contributed by atoms with E-state index in [9.17, 15) is 4.79 Å². The van der Waals surface area contributed by atoms with Gasteiger partial charge in [0.05, 0.1) is 13.0 Å². The molecule has 0 aromatic rings. The van der Waals surface area contributed by atoms with Gasteiger partial charge in [0, 0.05) is 6.61 Å². The number of hydrogen-bond donors (Lipinski definition) is 1. The maximum absolute atomic E-state index is 11.0. The number of carbonyl (C=O) groups is 1. The number of rotatable bonds is 6. The van der Waals surface area contributed by atoms with Gasteiger partial charge < -0.3 is 9.84 Å². The second-order valence-electron chi connectivity index (χ2n) is 2.85. The van der Waals surface area contributed by atoms with Crippen molar-refractivity contribution in [1.82, 2.24) is 0 Å². The highest BCUT2D eigenvalue weighted by atomic mass is 16.5. The van der Waals surface area contributed by atoms with E-state index in [-0.39, 0.29) is 18.5 Å². The van der Waals surface area contributed by atoms with Crippen molar-refractivity contribution in [3.8, 4) is 0 Å². The lowest BCUT2D eigenvalue weighted by atomic mass is 10.0. The van der Waals surface area contributed by atoms with E-state index < -0.39 is 0 Å². The van der Waals surface area contributed by atoms with Crippen LogP contribution >= 0.6 is 0 Å². The molecule has 0 aliphatic rings. The number of esters is 1. The molecule has 72 valence electrons. The average Bonchev–Trinajstić information content (AvgIpc) is 2.04. The van der Waals surface area contributed by atoms with E-state index in [4.69, 9.17) is 9.84 Å². The Balaban J connectivity index is 3.61. The summed E-state index contributed by atoms with van der Waals surface area (Å²) in [6.07, 6.45) is 2.22. The Bertz CT molecular complexity index is 123. The van der Waals surface area contributed by atoms with Crippen molar-refractivity contribution in [2.24, 2.45) is 5.92 Å². The Morgan fingerprint density at radius 2 is 2.17 bits per heavy atom. The maximum atomic E-state index is 11.0. The normalized spacial score (nSPS) is 12.6. The summed E-state index contributed by atoms with van der Waals surface area (Å²) in [5.74, 6) is -0.126. The van der Waals surface area contributed by atoms with Gasteiger partial charge in [-0.2, -0.15) is 0 Å². The summed E-state index contributed by atoms with van der Waals surface area (Å²) in [6, 6.07) is 0. The third-order valence-electron chi connectivity index (χ3n) is 1.72. The lowest BCUT2D eigenvalue weighted by Crippen LogP contribution is -2.14. The predicted octanol–water partition coefficient (Wildman–Crippen LogP) is 1.35. The SMILES string of the molecule is CCCC(CO)CC(=O)OCC. The topological polar surface area (TPSA) is 46.5 Å². The molecule has 0 aliphatic carbocycles. The molecule has 0 amide bonds. The molecule has 0 rings (SSSR count). The fraction of sp³-hybridized carbons (Fsp3) is 0.889. The molecule has 0 aromatic heterocycles. The molecule has 0 aliphatic heterocycles. The summed E-state index contributed by atoms with van der Waals surface area (Å²) in [5, 5.41) is 8.87. The van der Waals surface area contributed by atoms with Gasteiger partial charge in [-0.15, -0.1) is 0 Å². The summed E-state index contributed by atoms with van der Waals surface area (Å²) in [6.45, 7) is 4.31. The zero-order valence-electron chi connectivity index (χ0n) is 7.88. The molecule has 0 radical (unpaired) electrons. The fourth-order valence-corrected chi connectivity index (χ4v) is 1.12. The molecule has 3 nitrogen and oxygen atoms in total. The standard InChI is InChI=1S/C9H18O3/c1-3-5-8(7-10)6-9(11)12-4-2/h8,10H,3-7H2,1-2H3. The molecule has 0 bridgehead atoms. The molecule has 3 heteroatoms. The molecule has 1 atom stereocenters. The van der Waals surface area contributed by atoms with Crippen LogP contribution in [0.2, 0.25) is 0 Å². The van der Waals surface area contributed by atoms with Crippen LogP contribution in [0.1, 0.15) is 33.1 Å². The minimum absolute atomic E-state index is 0.0760. The van der Waals surface area contributed by atoms with Crippen LogP contribution in [0.3, 0.4) is 0 Å². The first-order valence-electron chi connectivity index (χ1n) is 4.51. The smallest absolute Gasteiger partial charge is 0.306 e. The first-order valence-corrected chi connectivity index (χ1v) is 4.51. The molecule has 0 saturated heterocycles. The summed E-state index contributed by atoms with van der Waals surface area (Å²) >= 11 is 0. The first-order chi connectivity index (χ1) is 5.74. The van der Waals surface area contributed by atoms with Crippen molar-refractivity contribution in [3.05, 3.63) is 0 Å². The van der Waals surface area contributed by atoms with E-state index in [0.717, 1.165) is 12.8 Å². The summed E-state index contributed by atoms with van der Waals surface area (Å²) in [7, 11) is 0. The van der Waals surface area contributed by atoms with Crippen LogP contribution in [0.5, 0.6) is 0 Å². The molecule has 12 heavy (non-hydrogen) atoms. The lowest BCUT2D eigenvalue weighted by molar-refractivity contribution is -0.144. The Morgan fingerprint density at radius 1 is 1.50 bits per heavy atom. The van der Waals surface area contributed by atoms with Gasteiger partial charge in [-0.3, -0.25) is 4.79 Å². The Labute approximate surface area is 73.7 Å². The van der Waals surface area contributed by atoms with Gasteiger partial charge in [0.2, 0.25) is 0 Å². The summed E-state index contributed by atoms with van der Waals surface area (Å²) < 4.78 is 4.77. The highest BCUT2D eigenvalue weighted by molar-refractivity contribution is 5.69. The Morgan fingerprint density at radius 3 is 2.58 bits per heavy atom. The minimum atomic E-state index is -0.204. The van der Waals surface area contributed by atoms with Gasteiger partial charge in [-0.05, 0) is 19.3 Å². The largest absolute Gasteiger partial charge is 0.466 e. The van der Waals surface area contributed by atoms with Gasteiger partial charge in [0.25, 0.3) is 0 Å². The molecular formula is C9H18O3. The van der Waals surface area contributed by atoms with E-state index >= 15 is 0 Å². The molecule has 1 unspecified atom stereocenters. The van der Waals surface area contributed by atoms with Crippen LogP contribution in [0.25, 0.3) is 0 Å². The number of hydrogen-bond acceptors (Lipinski definition) is 3. The third kappa shape index (κ3) is 5.13. The molecule has 0 aromatic carbocycles. The van der Waals surface area contributed by atoms with Gasteiger partial charge in [-0.1, -0.05) is 13.3 Å². The van der Waals surface area contributed by atoms with Gasteiger partial charge in [0.15, 0.2) is 0 Å². The van der Waals surface area contributed by atoms with Gasteiger partial charge in [-0.25, -0.2) is 0 Å². The van der Waals surface area contributed by atoms with Crippen molar-refractivity contribution in [3.63, 3.8) is 0 Å². The van der Waals surface area contributed by atoms with E-state index in [1.165, 1.54) is 0 Å². The summed E-state index contributed by atoms with van der Waals surface area (Å²) in [5.41, 5.74) is 0. The van der Waals surface area contributed by atoms with Crippen LogP contribution in [0.4, 0.5) is 0 Å². The fourth-order valence-electron chi connectivity index (χ4n) is 1.12. The minimum Gasteiger partial charge on any atom is -0.466 e. The van der Waals surface area contributed by atoms with Crippen LogP contribution < -0.4 is 0 Å². The van der Waals surface area contributed by atoms with Crippen LogP contribution in [-0.2, 0) is 9.53 Å². The van der Waals surface area contributed by atoms with E-state index in [0.29, 0.717) is 13.0 Å². The van der Waals surface area contributed by atoms with Crippen molar-refractivity contribution in [2.45, 2.75) is 33.1 Å². The molecule has 1 N–H and O–H groups in total. The van der Waals surface area contributed by atoms with Crippen molar-refractivity contribution in [2.75, 3.05) is 13.2 Å². The number of ether oxygens (including phenoxy) is 1. The highest BCUT2D eigenvalue weighted by Gasteiger charge is 2.12. The van der Waals surface area contributed by atoms with E-state index in [2.05, 4.69) is 0 Å². The summed E-state index contributed by atoms with van der Waals surface area (Å²) in [4.78, 5) is 11.0. The third-order valence-corrected chi connectivity index (χ3v) is 1.72. The first kappa shape index (κ1) is 11.4. The molecule has 0 heterocycles. The van der Waals surface area contributed by atoms with Gasteiger partial charge >= 0.3 is 5.97 Å². The van der Waals surface area contributed by atoms with Crippen LogP contribution in [-0.4, -0.2) is 24.3 Å². The zero-order valence-corrected chi connectivity index (χ0v) is 7.88. The van der Waals surface area contributed by atoms with Crippen LogP contribution in [0.15, 0.2) is 0 Å². The predicted molar refractivity (Wildman–Crippen MR) is 46.7 cm³/mol. The average molecular weight is 174 g/mol.